The van der Waals surface area contributed by atoms with Gasteiger partial charge in [-0.2, -0.15) is 0 Å². The molecule has 0 aliphatic heterocycles. The molecular weight excluding hydrogens is 210 g/mol. The zero-order valence-corrected chi connectivity index (χ0v) is 9.39. The van der Waals surface area contributed by atoms with E-state index in [9.17, 15) is 4.79 Å². The average molecular weight is 223 g/mol. The molecule has 3 rings (SSSR count). The van der Waals surface area contributed by atoms with Crippen LogP contribution >= 0.6 is 0 Å². The van der Waals surface area contributed by atoms with Gasteiger partial charge in [-0.3, -0.25) is 4.79 Å². The highest BCUT2D eigenvalue weighted by molar-refractivity contribution is 5.94. The number of hydrogen-bond acceptors (Lipinski definition) is 1. The van der Waals surface area contributed by atoms with Crippen molar-refractivity contribution in [2.75, 3.05) is 0 Å². The third-order valence-corrected chi connectivity index (χ3v) is 3.20. The van der Waals surface area contributed by atoms with Gasteiger partial charge in [0.1, 0.15) is 0 Å². The number of amides is 1. The van der Waals surface area contributed by atoms with E-state index >= 15 is 0 Å². The highest BCUT2D eigenvalue weighted by atomic mass is 16.1. The number of carbonyl (C=O) groups excluding carboxylic acids is 1. The Balaban J connectivity index is 1.73. The third-order valence-electron chi connectivity index (χ3n) is 3.20. The molecule has 2 aromatic carbocycles. The molecule has 0 radical (unpaired) electrons. The second-order valence-corrected chi connectivity index (χ2v) is 4.30. The zero-order valence-electron chi connectivity index (χ0n) is 9.39. The van der Waals surface area contributed by atoms with Crippen LogP contribution in [0.25, 0.3) is 0 Å². The van der Waals surface area contributed by atoms with Gasteiger partial charge in [0.15, 0.2) is 0 Å². The summed E-state index contributed by atoms with van der Waals surface area (Å²) in [6.45, 7) is 0. The summed E-state index contributed by atoms with van der Waals surface area (Å²) in [7, 11) is 0. The van der Waals surface area contributed by atoms with Crippen LogP contribution in [0.2, 0.25) is 0 Å². The monoisotopic (exact) mass is 223 g/mol. The largest absolute Gasteiger partial charge is 0.345 e. The molecule has 17 heavy (non-hydrogen) atoms. The first-order valence-electron chi connectivity index (χ1n) is 5.78. The van der Waals surface area contributed by atoms with E-state index in [4.69, 9.17) is 0 Å². The van der Waals surface area contributed by atoms with Crippen LogP contribution in [0, 0.1) is 0 Å². The zero-order chi connectivity index (χ0) is 11.7. The molecule has 0 heterocycles. The summed E-state index contributed by atoms with van der Waals surface area (Å²) in [5.74, 6) is 0.00473. The Bertz CT molecular complexity index is 548. The van der Waals surface area contributed by atoms with E-state index in [0.29, 0.717) is 0 Å². The van der Waals surface area contributed by atoms with Crippen molar-refractivity contribution in [2.24, 2.45) is 0 Å². The Morgan fingerprint density at radius 2 is 1.71 bits per heavy atom. The molecule has 1 aliphatic carbocycles. The van der Waals surface area contributed by atoms with Gasteiger partial charge in [-0.25, -0.2) is 0 Å². The van der Waals surface area contributed by atoms with E-state index in [1.807, 2.05) is 42.5 Å². The van der Waals surface area contributed by atoms with Crippen LogP contribution in [0.3, 0.4) is 0 Å². The number of hydrogen-bond donors (Lipinski definition) is 1. The molecule has 2 heteroatoms. The lowest BCUT2D eigenvalue weighted by atomic mass is 9.83. The van der Waals surface area contributed by atoms with Gasteiger partial charge in [-0.05, 0) is 29.7 Å². The molecule has 0 aromatic heterocycles. The summed E-state index contributed by atoms with van der Waals surface area (Å²) in [6.07, 6.45) is 0.939. The first-order valence-corrected chi connectivity index (χ1v) is 5.78. The Morgan fingerprint density at radius 1 is 1.00 bits per heavy atom. The number of carbonyl (C=O) groups is 1. The van der Waals surface area contributed by atoms with E-state index < -0.39 is 0 Å². The molecule has 1 atom stereocenters. The molecule has 1 aliphatic rings. The van der Waals surface area contributed by atoms with Gasteiger partial charge < -0.3 is 5.32 Å². The van der Waals surface area contributed by atoms with Crippen molar-refractivity contribution in [1.29, 1.82) is 0 Å². The molecule has 1 N–H and O–H groups in total. The maximum Gasteiger partial charge on any atom is 0.251 e. The maximum atomic E-state index is 11.9. The summed E-state index contributed by atoms with van der Waals surface area (Å²) in [4.78, 5) is 11.9. The topological polar surface area (TPSA) is 29.1 Å². The molecule has 2 nitrogen and oxygen atoms in total. The molecule has 0 bridgehead atoms. The van der Waals surface area contributed by atoms with Gasteiger partial charge in [-0.1, -0.05) is 42.5 Å². The van der Waals surface area contributed by atoms with Gasteiger partial charge >= 0.3 is 0 Å². The van der Waals surface area contributed by atoms with Crippen LogP contribution in [-0.4, -0.2) is 5.91 Å². The second-order valence-electron chi connectivity index (χ2n) is 4.30. The summed E-state index contributed by atoms with van der Waals surface area (Å²) < 4.78 is 0. The predicted octanol–water partition coefficient (Wildman–Crippen LogP) is 2.71. The van der Waals surface area contributed by atoms with E-state index in [1.165, 1.54) is 11.1 Å². The number of benzene rings is 2. The van der Waals surface area contributed by atoms with Crippen LogP contribution in [0.15, 0.2) is 54.6 Å². The fraction of sp³-hybridized carbons (Fsp3) is 0.133. The van der Waals surface area contributed by atoms with E-state index in [-0.39, 0.29) is 11.9 Å². The van der Waals surface area contributed by atoms with Gasteiger partial charge in [0.05, 0.1) is 6.04 Å². The second kappa shape index (κ2) is 4.06. The van der Waals surface area contributed by atoms with Gasteiger partial charge in [0, 0.05) is 5.56 Å². The molecule has 1 unspecified atom stereocenters. The lowest BCUT2D eigenvalue weighted by Gasteiger charge is -2.30. The van der Waals surface area contributed by atoms with Gasteiger partial charge in [0.2, 0.25) is 0 Å². The van der Waals surface area contributed by atoms with Crippen molar-refractivity contribution in [2.45, 2.75) is 12.5 Å². The smallest absolute Gasteiger partial charge is 0.251 e. The average Bonchev–Trinajstić information content (AvgIpc) is 2.37. The first kappa shape index (κ1) is 10.1. The molecule has 84 valence electrons. The van der Waals surface area contributed by atoms with E-state index in [2.05, 4.69) is 17.4 Å². The Morgan fingerprint density at radius 3 is 2.47 bits per heavy atom. The maximum absolute atomic E-state index is 11.9. The minimum absolute atomic E-state index is 0.00473. The number of nitrogens with one attached hydrogen (secondary N) is 1. The van der Waals surface area contributed by atoms with Crippen LogP contribution in [0.1, 0.15) is 27.5 Å². The SMILES string of the molecule is O=C(NC1Cc2ccccc21)c1ccccc1. The van der Waals surface area contributed by atoms with E-state index in [0.717, 1.165) is 12.0 Å². The fourth-order valence-corrected chi connectivity index (χ4v) is 2.22. The highest BCUT2D eigenvalue weighted by Gasteiger charge is 2.26. The molecule has 0 spiro atoms. The third kappa shape index (κ3) is 1.82. The van der Waals surface area contributed by atoms with Crippen LogP contribution in [0.4, 0.5) is 0 Å². The summed E-state index contributed by atoms with van der Waals surface area (Å²) >= 11 is 0. The Labute approximate surface area is 100 Å². The van der Waals surface area contributed by atoms with Crippen LogP contribution in [0.5, 0.6) is 0 Å². The summed E-state index contributed by atoms with van der Waals surface area (Å²) in [6, 6.07) is 17.8. The number of rotatable bonds is 2. The Hall–Kier alpha value is -2.09. The lowest BCUT2D eigenvalue weighted by molar-refractivity contribution is 0.0932. The van der Waals surface area contributed by atoms with Crippen LogP contribution < -0.4 is 5.32 Å². The minimum Gasteiger partial charge on any atom is -0.345 e. The minimum atomic E-state index is 0.00473. The molecular formula is C15H13NO. The molecule has 0 saturated carbocycles. The predicted molar refractivity (Wildman–Crippen MR) is 66.8 cm³/mol. The molecule has 0 saturated heterocycles. The fourth-order valence-electron chi connectivity index (χ4n) is 2.22. The van der Waals surface area contributed by atoms with Crippen LogP contribution in [-0.2, 0) is 6.42 Å². The van der Waals surface area contributed by atoms with Crippen molar-refractivity contribution >= 4 is 5.91 Å². The van der Waals surface area contributed by atoms with Crippen molar-refractivity contribution in [3.8, 4) is 0 Å². The van der Waals surface area contributed by atoms with Crippen molar-refractivity contribution in [3.63, 3.8) is 0 Å². The normalized spacial score (nSPS) is 16.8. The quantitative estimate of drug-likeness (QED) is 0.833. The number of fused-ring (bicyclic) bond motifs is 1. The van der Waals surface area contributed by atoms with Crippen molar-refractivity contribution in [1.82, 2.24) is 5.32 Å². The summed E-state index contributed by atoms with van der Waals surface area (Å²) in [5.41, 5.74) is 3.31. The van der Waals surface area contributed by atoms with Gasteiger partial charge in [0.25, 0.3) is 5.91 Å². The molecule has 1 amide bonds. The van der Waals surface area contributed by atoms with Crippen molar-refractivity contribution < 1.29 is 4.79 Å². The first-order chi connectivity index (χ1) is 8.34. The standard InChI is InChI=1S/C15H13NO/c17-15(11-6-2-1-3-7-11)16-14-10-12-8-4-5-9-13(12)14/h1-9,14H,10H2,(H,16,17). The Kier molecular flexibility index (Phi) is 2.41. The molecule has 2 aromatic rings. The molecule has 0 fully saturated rings. The van der Waals surface area contributed by atoms with Gasteiger partial charge in [-0.15, -0.1) is 0 Å². The highest BCUT2D eigenvalue weighted by Crippen LogP contribution is 2.32. The van der Waals surface area contributed by atoms with Crippen molar-refractivity contribution in [3.05, 3.63) is 71.3 Å². The lowest BCUT2D eigenvalue weighted by Crippen LogP contribution is -2.35. The summed E-state index contributed by atoms with van der Waals surface area (Å²) in [5, 5.41) is 3.05. The van der Waals surface area contributed by atoms with E-state index in [1.54, 1.807) is 0 Å².